The first-order valence-electron chi connectivity index (χ1n) is 8.23. The van der Waals surface area contributed by atoms with E-state index in [1.165, 1.54) is 0 Å². The number of benzene rings is 2. The van der Waals surface area contributed by atoms with Gasteiger partial charge in [-0.1, -0.05) is 30.3 Å². The number of hydrogen-bond acceptors (Lipinski definition) is 3. The molecule has 3 aromatic rings. The van der Waals surface area contributed by atoms with Gasteiger partial charge in [-0.2, -0.15) is 0 Å². The number of nitrogens with one attached hydrogen (secondary N) is 4. The maximum Gasteiger partial charge on any atom is 0.286 e. The maximum absolute atomic E-state index is 12.2. The zero-order valence-electron chi connectivity index (χ0n) is 14.2. The molecule has 0 radical (unpaired) electrons. The summed E-state index contributed by atoms with van der Waals surface area (Å²) in [5.41, 5.74) is 5.44. The van der Waals surface area contributed by atoms with Gasteiger partial charge in [0, 0.05) is 29.2 Å². The molecular weight excluding hydrogens is 412 g/mol. The van der Waals surface area contributed by atoms with E-state index < -0.39 is 11.8 Å². The van der Waals surface area contributed by atoms with E-state index >= 15 is 0 Å². The normalized spacial score (nSPS) is 10.4. The fraction of sp³-hybridized carbons (Fsp3) is 0.105. The molecule has 0 saturated carbocycles. The van der Waals surface area contributed by atoms with E-state index in [2.05, 4.69) is 37.1 Å². The van der Waals surface area contributed by atoms with Crippen molar-refractivity contribution >= 4 is 44.4 Å². The minimum atomic E-state index is -0.464. The van der Waals surface area contributed by atoms with Gasteiger partial charge in [0.05, 0.1) is 0 Å². The lowest BCUT2D eigenvalue weighted by Crippen LogP contribution is -2.42. The molecule has 0 aliphatic rings. The SMILES string of the molecule is O=C(CCNC(=O)c1ccc2ccccc2c1)NNC(=O)c1cc(Br)c[nH]1. The molecular formula is C19H17BrN4O3. The molecule has 0 aliphatic carbocycles. The third-order valence-corrected chi connectivity index (χ3v) is 4.31. The van der Waals surface area contributed by atoms with E-state index in [1.54, 1.807) is 24.4 Å². The van der Waals surface area contributed by atoms with Crippen molar-refractivity contribution in [2.24, 2.45) is 0 Å². The molecule has 0 bridgehead atoms. The number of H-pyrrole nitrogens is 1. The van der Waals surface area contributed by atoms with E-state index in [0.717, 1.165) is 15.2 Å². The number of halogens is 1. The summed E-state index contributed by atoms with van der Waals surface area (Å²) in [6.07, 6.45) is 1.65. The highest BCUT2D eigenvalue weighted by Crippen LogP contribution is 2.15. The second-order valence-corrected chi connectivity index (χ2v) is 6.72. The number of fused-ring (bicyclic) bond motifs is 1. The monoisotopic (exact) mass is 428 g/mol. The van der Waals surface area contributed by atoms with Crippen LogP contribution in [-0.4, -0.2) is 29.3 Å². The lowest BCUT2D eigenvalue weighted by molar-refractivity contribution is -0.121. The Bertz CT molecular complexity index is 999. The number of hydrogen-bond donors (Lipinski definition) is 4. The minimum Gasteiger partial charge on any atom is -0.356 e. The Morgan fingerprint density at radius 1 is 0.926 bits per heavy atom. The van der Waals surface area contributed by atoms with E-state index in [4.69, 9.17) is 0 Å². The first-order chi connectivity index (χ1) is 13.0. The molecule has 7 nitrogen and oxygen atoms in total. The number of rotatable bonds is 5. The number of amides is 3. The summed E-state index contributed by atoms with van der Waals surface area (Å²) in [4.78, 5) is 38.5. The average Bonchev–Trinajstić information content (AvgIpc) is 3.12. The molecule has 0 spiro atoms. The number of aromatic nitrogens is 1. The van der Waals surface area contributed by atoms with E-state index in [9.17, 15) is 14.4 Å². The van der Waals surface area contributed by atoms with Crippen molar-refractivity contribution in [1.82, 2.24) is 21.2 Å². The Hall–Kier alpha value is -3.13. The van der Waals surface area contributed by atoms with Crippen LogP contribution >= 0.6 is 15.9 Å². The first-order valence-corrected chi connectivity index (χ1v) is 9.02. The van der Waals surface area contributed by atoms with Gasteiger partial charge in [-0.15, -0.1) is 0 Å². The molecule has 27 heavy (non-hydrogen) atoms. The number of carbonyl (C=O) groups is 3. The second kappa shape index (κ2) is 8.50. The summed E-state index contributed by atoms with van der Waals surface area (Å²) in [5, 5.41) is 4.72. The number of hydrazine groups is 1. The Balaban J connectivity index is 1.43. The Morgan fingerprint density at radius 3 is 2.44 bits per heavy atom. The zero-order valence-corrected chi connectivity index (χ0v) is 15.8. The van der Waals surface area contributed by atoms with Gasteiger partial charge < -0.3 is 10.3 Å². The van der Waals surface area contributed by atoms with Crippen molar-refractivity contribution in [2.75, 3.05) is 6.54 Å². The molecule has 1 aromatic heterocycles. The van der Waals surface area contributed by atoms with Crippen LogP contribution in [0.3, 0.4) is 0 Å². The molecule has 138 valence electrons. The minimum absolute atomic E-state index is 0.0357. The van der Waals surface area contributed by atoms with Crippen LogP contribution in [0.2, 0.25) is 0 Å². The molecule has 8 heteroatoms. The van der Waals surface area contributed by atoms with E-state index in [-0.39, 0.29) is 18.9 Å². The van der Waals surface area contributed by atoms with Crippen molar-refractivity contribution in [3.8, 4) is 0 Å². The van der Waals surface area contributed by atoms with Gasteiger partial charge in [0.1, 0.15) is 5.69 Å². The molecule has 0 aliphatic heterocycles. The predicted molar refractivity (Wildman–Crippen MR) is 105 cm³/mol. The summed E-state index contributed by atoms with van der Waals surface area (Å²) < 4.78 is 0.732. The van der Waals surface area contributed by atoms with Gasteiger partial charge in [0.15, 0.2) is 0 Å². The van der Waals surface area contributed by atoms with Gasteiger partial charge in [0.25, 0.3) is 11.8 Å². The molecule has 3 rings (SSSR count). The van der Waals surface area contributed by atoms with Crippen LogP contribution in [0.5, 0.6) is 0 Å². The van der Waals surface area contributed by atoms with Crippen LogP contribution in [0.25, 0.3) is 10.8 Å². The Labute approximate surface area is 163 Å². The van der Waals surface area contributed by atoms with Crippen molar-refractivity contribution in [3.63, 3.8) is 0 Å². The van der Waals surface area contributed by atoms with Crippen molar-refractivity contribution < 1.29 is 14.4 Å². The summed E-state index contributed by atoms with van der Waals surface area (Å²) in [5.74, 6) is -1.13. The van der Waals surface area contributed by atoms with Gasteiger partial charge in [-0.25, -0.2) is 0 Å². The lowest BCUT2D eigenvalue weighted by Gasteiger charge is -2.08. The van der Waals surface area contributed by atoms with Crippen LogP contribution in [0.1, 0.15) is 27.3 Å². The van der Waals surface area contributed by atoms with Crippen LogP contribution in [-0.2, 0) is 4.79 Å². The summed E-state index contributed by atoms with van der Waals surface area (Å²) in [7, 11) is 0. The predicted octanol–water partition coefficient (Wildman–Crippen LogP) is 2.51. The molecule has 0 saturated heterocycles. The third kappa shape index (κ3) is 4.95. The molecule has 0 atom stereocenters. The summed E-state index contributed by atoms with van der Waals surface area (Å²) in [6, 6.07) is 14.8. The largest absolute Gasteiger partial charge is 0.356 e. The molecule has 0 fully saturated rings. The Morgan fingerprint density at radius 2 is 1.70 bits per heavy atom. The van der Waals surface area contributed by atoms with Gasteiger partial charge in [-0.3, -0.25) is 25.2 Å². The first kappa shape index (κ1) is 18.7. The van der Waals surface area contributed by atoms with E-state index in [0.29, 0.717) is 11.3 Å². The average molecular weight is 429 g/mol. The Kier molecular flexibility index (Phi) is 5.87. The quantitative estimate of drug-likeness (QED) is 0.469. The molecule has 4 N–H and O–H groups in total. The van der Waals surface area contributed by atoms with Gasteiger partial charge in [0.2, 0.25) is 5.91 Å². The van der Waals surface area contributed by atoms with Crippen LogP contribution in [0.15, 0.2) is 59.2 Å². The summed E-state index contributed by atoms with van der Waals surface area (Å²) >= 11 is 3.22. The highest BCUT2D eigenvalue weighted by atomic mass is 79.9. The van der Waals surface area contributed by atoms with Crippen molar-refractivity contribution in [2.45, 2.75) is 6.42 Å². The smallest absolute Gasteiger partial charge is 0.286 e. The van der Waals surface area contributed by atoms with Crippen molar-refractivity contribution in [1.29, 1.82) is 0 Å². The van der Waals surface area contributed by atoms with Crippen LogP contribution in [0.4, 0.5) is 0 Å². The molecule has 0 unspecified atom stereocenters. The van der Waals surface area contributed by atoms with E-state index in [1.807, 2.05) is 30.3 Å². The summed E-state index contributed by atoms with van der Waals surface area (Å²) in [6.45, 7) is 0.154. The zero-order chi connectivity index (χ0) is 19.2. The fourth-order valence-electron chi connectivity index (χ4n) is 2.48. The topological polar surface area (TPSA) is 103 Å². The number of carbonyl (C=O) groups excluding carboxylic acids is 3. The van der Waals surface area contributed by atoms with Crippen LogP contribution < -0.4 is 16.2 Å². The highest BCUT2D eigenvalue weighted by Gasteiger charge is 2.10. The fourth-order valence-corrected chi connectivity index (χ4v) is 2.82. The third-order valence-electron chi connectivity index (χ3n) is 3.86. The number of aromatic amines is 1. The van der Waals surface area contributed by atoms with Crippen molar-refractivity contribution in [3.05, 3.63) is 70.5 Å². The van der Waals surface area contributed by atoms with Gasteiger partial charge in [-0.05, 0) is 44.9 Å². The van der Waals surface area contributed by atoms with Crippen LogP contribution in [0, 0.1) is 0 Å². The highest BCUT2D eigenvalue weighted by molar-refractivity contribution is 9.10. The maximum atomic E-state index is 12.2. The standard InChI is InChI=1S/C19H17BrN4O3/c20-15-10-16(22-11-15)19(27)24-23-17(25)7-8-21-18(26)14-6-5-12-3-1-2-4-13(12)9-14/h1-6,9-11,22H,7-8H2,(H,21,26)(H,23,25)(H,24,27). The molecule has 2 aromatic carbocycles. The molecule has 3 amide bonds. The van der Waals surface area contributed by atoms with Gasteiger partial charge >= 0.3 is 0 Å². The second-order valence-electron chi connectivity index (χ2n) is 5.80. The molecule has 1 heterocycles. The lowest BCUT2D eigenvalue weighted by atomic mass is 10.1.